The summed E-state index contributed by atoms with van der Waals surface area (Å²) < 4.78 is 22.8. The van der Waals surface area contributed by atoms with Gasteiger partial charge in [-0.25, -0.2) is 8.42 Å². The fourth-order valence-electron chi connectivity index (χ4n) is 2.04. The van der Waals surface area contributed by atoms with Crippen molar-refractivity contribution < 1.29 is 8.42 Å². The van der Waals surface area contributed by atoms with Crippen LogP contribution in [0.1, 0.15) is 43.9 Å². The molecule has 18 heavy (non-hydrogen) atoms. The highest BCUT2D eigenvalue weighted by molar-refractivity contribution is 7.91. The molecule has 1 unspecified atom stereocenters. The normalized spacial score (nSPS) is 13.5. The molecule has 0 spiro atoms. The Labute approximate surface area is 110 Å². The maximum absolute atomic E-state index is 11.4. The van der Waals surface area contributed by atoms with Crippen molar-refractivity contribution in [2.75, 3.05) is 11.5 Å². The lowest BCUT2D eigenvalue weighted by atomic mass is 9.96. The molecule has 2 N–H and O–H groups in total. The monoisotopic (exact) mass is 269 g/mol. The summed E-state index contributed by atoms with van der Waals surface area (Å²) >= 11 is 0. The van der Waals surface area contributed by atoms with E-state index in [1.54, 1.807) is 6.92 Å². The standard InChI is InChI=1S/C14H23NO2S/c1-3-12-8-5-6-9-13(12)14(15)10-7-11-18(16,17)4-2/h5-6,8-9,14H,3-4,7,10-11,15H2,1-2H3. The first kappa shape index (κ1) is 15.2. The molecular weight excluding hydrogens is 246 g/mol. The predicted octanol–water partition coefficient (Wildman–Crippen LogP) is 2.46. The molecule has 1 atom stereocenters. The third-order valence-corrected chi connectivity index (χ3v) is 5.04. The van der Waals surface area contributed by atoms with Gasteiger partial charge in [-0.1, -0.05) is 38.1 Å². The molecule has 0 bridgehead atoms. The van der Waals surface area contributed by atoms with Crippen LogP contribution in [-0.4, -0.2) is 19.9 Å². The van der Waals surface area contributed by atoms with Crippen molar-refractivity contribution >= 4 is 9.84 Å². The van der Waals surface area contributed by atoms with Crippen LogP contribution in [0.2, 0.25) is 0 Å². The van der Waals surface area contributed by atoms with Gasteiger partial charge in [-0.15, -0.1) is 0 Å². The second-order valence-corrected chi connectivity index (χ2v) is 7.01. The highest BCUT2D eigenvalue weighted by atomic mass is 32.2. The van der Waals surface area contributed by atoms with E-state index in [-0.39, 0.29) is 17.5 Å². The van der Waals surface area contributed by atoms with E-state index in [2.05, 4.69) is 13.0 Å². The van der Waals surface area contributed by atoms with Crippen LogP contribution >= 0.6 is 0 Å². The SMILES string of the molecule is CCc1ccccc1C(N)CCCS(=O)(=O)CC. The first-order valence-electron chi connectivity index (χ1n) is 6.54. The summed E-state index contributed by atoms with van der Waals surface area (Å²) in [6, 6.07) is 8.05. The minimum absolute atomic E-state index is 0.0618. The fourth-order valence-corrected chi connectivity index (χ4v) is 2.94. The number of hydrogen-bond acceptors (Lipinski definition) is 3. The Morgan fingerprint density at radius 3 is 2.50 bits per heavy atom. The molecule has 0 fully saturated rings. The number of benzene rings is 1. The molecule has 0 radical (unpaired) electrons. The summed E-state index contributed by atoms with van der Waals surface area (Å²) in [4.78, 5) is 0. The number of rotatable bonds is 7. The van der Waals surface area contributed by atoms with Gasteiger partial charge in [-0.05, 0) is 30.4 Å². The van der Waals surface area contributed by atoms with E-state index >= 15 is 0 Å². The molecule has 4 heteroatoms. The van der Waals surface area contributed by atoms with Crippen LogP contribution in [0.3, 0.4) is 0 Å². The zero-order valence-corrected chi connectivity index (χ0v) is 12.0. The zero-order chi connectivity index (χ0) is 13.6. The van der Waals surface area contributed by atoms with Crippen molar-refractivity contribution in [1.82, 2.24) is 0 Å². The van der Waals surface area contributed by atoms with Gasteiger partial charge >= 0.3 is 0 Å². The van der Waals surface area contributed by atoms with Gasteiger partial charge in [0.05, 0.1) is 5.75 Å². The summed E-state index contributed by atoms with van der Waals surface area (Å²) in [5, 5.41) is 0. The molecule has 0 saturated carbocycles. The summed E-state index contributed by atoms with van der Waals surface area (Å²) in [6.07, 6.45) is 2.31. The largest absolute Gasteiger partial charge is 0.324 e. The molecule has 0 aliphatic heterocycles. The second-order valence-electron chi connectivity index (χ2n) is 4.54. The lowest BCUT2D eigenvalue weighted by Crippen LogP contribution is -2.15. The molecule has 3 nitrogen and oxygen atoms in total. The topological polar surface area (TPSA) is 60.2 Å². The molecule has 0 aromatic heterocycles. The average Bonchev–Trinajstić information content (AvgIpc) is 2.38. The first-order chi connectivity index (χ1) is 8.50. The average molecular weight is 269 g/mol. The lowest BCUT2D eigenvalue weighted by Gasteiger charge is -2.15. The van der Waals surface area contributed by atoms with Crippen LogP contribution in [-0.2, 0) is 16.3 Å². The first-order valence-corrected chi connectivity index (χ1v) is 8.36. The molecule has 1 rings (SSSR count). The molecule has 0 aliphatic carbocycles. The molecule has 0 amide bonds. The Morgan fingerprint density at radius 1 is 1.22 bits per heavy atom. The van der Waals surface area contributed by atoms with Crippen LogP contribution in [0.4, 0.5) is 0 Å². The number of hydrogen-bond donors (Lipinski definition) is 1. The molecule has 1 aromatic rings. The summed E-state index contributed by atoms with van der Waals surface area (Å²) in [6.45, 7) is 3.79. The maximum atomic E-state index is 11.4. The number of sulfone groups is 1. The van der Waals surface area contributed by atoms with E-state index in [1.165, 1.54) is 5.56 Å². The zero-order valence-electron chi connectivity index (χ0n) is 11.2. The Kier molecular flexibility index (Phi) is 5.82. The van der Waals surface area contributed by atoms with E-state index in [4.69, 9.17) is 5.73 Å². The van der Waals surface area contributed by atoms with Gasteiger partial charge in [0.25, 0.3) is 0 Å². The third-order valence-electron chi connectivity index (χ3n) is 3.25. The van der Waals surface area contributed by atoms with E-state index in [0.29, 0.717) is 6.42 Å². The highest BCUT2D eigenvalue weighted by Gasteiger charge is 2.12. The summed E-state index contributed by atoms with van der Waals surface area (Å²) in [7, 11) is -2.87. The van der Waals surface area contributed by atoms with Gasteiger partial charge < -0.3 is 5.73 Å². The minimum atomic E-state index is -2.87. The van der Waals surface area contributed by atoms with Crippen LogP contribution in [0.5, 0.6) is 0 Å². The van der Waals surface area contributed by atoms with Crippen molar-refractivity contribution in [3.63, 3.8) is 0 Å². The molecule has 0 aliphatic rings. The van der Waals surface area contributed by atoms with Crippen molar-refractivity contribution in [3.05, 3.63) is 35.4 Å². The minimum Gasteiger partial charge on any atom is -0.324 e. The summed E-state index contributed by atoms with van der Waals surface area (Å²) in [5.74, 6) is 0.458. The summed E-state index contributed by atoms with van der Waals surface area (Å²) in [5.41, 5.74) is 8.55. The second kappa shape index (κ2) is 6.90. The van der Waals surface area contributed by atoms with Crippen molar-refractivity contribution in [1.29, 1.82) is 0 Å². The Hall–Kier alpha value is -0.870. The Balaban J connectivity index is 2.58. The number of nitrogens with two attached hydrogens (primary N) is 1. The predicted molar refractivity (Wildman–Crippen MR) is 76.3 cm³/mol. The molecule has 0 heterocycles. The van der Waals surface area contributed by atoms with Crippen molar-refractivity contribution in [2.24, 2.45) is 5.73 Å². The smallest absolute Gasteiger partial charge is 0.150 e. The van der Waals surface area contributed by atoms with Crippen LogP contribution in [0, 0.1) is 0 Å². The van der Waals surface area contributed by atoms with E-state index in [9.17, 15) is 8.42 Å². The van der Waals surface area contributed by atoms with Crippen LogP contribution < -0.4 is 5.73 Å². The van der Waals surface area contributed by atoms with Crippen LogP contribution in [0.15, 0.2) is 24.3 Å². The van der Waals surface area contributed by atoms with Gasteiger partial charge in [0.1, 0.15) is 9.84 Å². The van der Waals surface area contributed by atoms with Gasteiger partial charge in [-0.3, -0.25) is 0 Å². The fraction of sp³-hybridized carbons (Fsp3) is 0.571. The van der Waals surface area contributed by atoms with Crippen LogP contribution in [0.25, 0.3) is 0 Å². The molecule has 102 valence electrons. The van der Waals surface area contributed by atoms with E-state index in [1.807, 2.05) is 18.2 Å². The van der Waals surface area contributed by atoms with Crippen molar-refractivity contribution in [3.8, 4) is 0 Å². The van der Waals surface area contributed by atoms with Gasteiger partial charge in [0.2, 0.25) is 0 Å². The Bertz CT molecular complexity index is 468. The van der Waals surface area contributed by atoms with E-state index < -0.39 is 9.84 Å². The highest BCUT2D eigenvalue weighted by Crippen LogP contribution is 2.20. The third kappa shape index (κ3) is 4.42. The molecular formula is C14H23NO2S. The van der Waals surface area contributed by atoms with Crippen molar-refractivity contribution in [2.45, 2.75) is 39.2 Å². The van der Waals surface area contributed by atoms with E-state index in [0.717, 1.165) is 18.4 Å². The van der Waals surface area contributed by atoms with Gasteiger partial charge in [0.15, 0.2) is 0 Å². The number of aryl methyl sites for hydroxylation is 1. The lowest BCUT2D eigenvalue weighted by molar-refractivity contribution is 0.583. The molecule has 0 saturated heterocycles. The quantitative estimate of drug-likeness (QED) is 0.827. The maximum Gasteiger partial charge on any atom is 0.150 e. The Morgan fingerprint density at radius 2 is 1.89 bits per heavy atom. The van der Waals surface area contributed by atoms with Gasteiger partial charge in [0, 0.05) is 11.8 Å². The van der Waals surface area contributed by atoms with Gasteiger partial charge in [-0.2, -0.15) is 0 Å². The molecule has 1 aromatic carbocycles.